The molecule has 3 nitrogen and oxygen atoms in total. The molecule has 1 aliphatic rings. The fourth-order valence-electron chi connectivity index (χ4n) is 1.73. The smallest absolute Gasteiger partial charge is 0.229 e. The van der Waals surface area contributed by atoms with E-state index in [1.54, 1.807) is 0 Å². The molecule has 0 unspecified atom stereocenters. The van der Waals surface area contributed by atoms with Gasteiger partial charge in [0, 0.05) is 0 Å². The van der Waals surface area contributed by atoms with Crippen LogP contribution in [0, 0.1) is 13.8 Å². The third-order valence-corrected chi connectivity index (χ3v) is 2.65. The Morgan fingerprint density at radius 2 is 1.87 bits per heavy atom. The Morgan fingerprint density at radius 3 is 2.60 bits per heavy atom. The van der Waals surface area contributed by atoms with Crippen molar-refractivity contribution >= 4 is 17.4 Å². The van der Waals surface area contributed by atoms with Crippen molar-refractivity contribution in [3.05, 3.63) is 28.8 Å². The van der Waals surface area contributed by atoms with E-state index in [2.05, 4.69) is 24.2 Å². The molecular formula is C12H14N2O. The number of fused-ring (bicyclic) bond motifs is 1. The van der Waals surface area contributed by atoms with Crippen LogP contribution < -0.4 is 5.32 Å². The molecule has 2 rings (SSSR count). The summed E-state index contributed by atoms with van der Waals surface area (Å²) < 4.78 is 0. The Balaban J connectivity index is 2.58. The van der Waals surface area contributed by atoms with Crippen LogP contribution in [-0.2, 0) is 11.2 Å². The predicted molar refractivity (Wildman–Crippen MR) is 60.5 cm³/mol. The molecule has 0 saturated carbocycles. The monoisotopic (exact) mass is 202 g/mol. The third kappa shape index (κ3) is 1.91. The molecule has 1 N–H and O–H groups in total. The van der Waals surface area contributed by atoms with E-state index in [0.29, 0.717) is 12.3 Å². The van der Waals surface area contributed by atoms with Gasteiger partial charge in [-0.25, -0.2) is 4.99 Å². The summed E-state index contributed by atoms with van der Waals surface area (Å²) in [6.45, 7) is 5.91. The summed E-state index contributed by atoms with van der Waals surface area (Å²) in [5.41, 5.74) is 4.33. The van der Waals surface area contributed by atoms with Crippen LogP contribution in [0.15, 0.2) is 17.1 Å². The van der Waals surface area contributed by atoms with Gasteiger partial charge in [0.2, 0.25) is 5.91 Å². The van der Waals surface area contributed by atoms with Crippen LogP contribution in [0.1, 0.15) is 23.6 Å². The molecule has 1 aliphatic heterocycles. The zero-order valence-corrected chi connectivity index (χ0v) is 9.22. The van der Waals surface area contributed by atoms with E-state index in [0.717, 1.165) is 11.3 Å². The second-order valence-electron chi connectivity index (χ2n) is 3.99. The number of carbonyl (C=O) groups excluding carboxylic acids is 1. The lowest BCUT2D eigenvalue weighted by molar-refractivity contribution is -0.119. The maximum Gasteiger partial charge on any atom is 0.229 e. The number of carbonyl (C=O) groups is 1. The molecule has 0 bridgehead atoms. The molecule has 0 fully saturated rings. The fourth-order valence-corrected chi connectivity index (χ4v) is 1.73. The van der Waals surface area contributed by atoms with E-state index in [-0.39, 0.29) is 5.91 Å². The van der Waals surface area contributed by atoms with Crippen molar-refractivity contribution in [1.29, 1.82) is 0 Å². The summed E-state index contributed by atoms with van der Waals surface area (Å²) in [5.74, 6) is 0.681. The van der Waals surface area contributed by atoms with Crippen LogP contribution in [-0.4, -0.2) is 11.7 Å². The van der Waals surface area contributed by atoms with Crippen molar-refractivity contribution < 1.29 is 4.79 Å². The molecule has 0 saturated heterocycles. The number of aryl methyl sites for hydroxylation is 2. The molecule has 1 amide bonds. The summed E-state index contributed by atoms with van der Waals surface area (Å²) in [5, 5.41) is 2.74. The lowest BCUT2D eigenvalue weighted by Crippen LogP contribution is -2.27. The molecule has 0 aliphatic carbocycles. The highest BCUT2D eigenvalue weighted by Gasteiger charge is 2.14. The quantitative estimate of drug-likeness (QED) is 0.687. The summed E-state index contributed by atoms with van der Waals surface area (Å²) in [6, 6.07) is 4.08. The van der Waals surface area contributed by atoms with E-state index in [1.807, 2.05) is 19.1 Å². The van der Waals surface area contributed by atoms with E-state index >= 15 is 0 Å². The van der Waals surface area contributed by atoms with Gasteiger partial charge in [0.05, 0.1) is 12.1 Å². The van der Waals surface area contributed by atoms with Gasteiger partial charge in [0.1, 0.15) is 5.84 Å². The molecule has 0 atom stereocenters. The maximum absolute atomic E-state index is 11.5. The molecule has 0 radical (unpaired) electrons. The number of benzene rings is 1. The molecule has 1 aromatic rings. The minimum absolute atomic E-state index is 0.0123. The lowest BCUT2D eigenvalue weighted by Gasteiger charge is -2.06. The van der Waals surface area contributed by atoms with E-state index in [1.165, 1.54) is 11.1 Å². The number of amidine groups is 1. The molecule has 0 aromatic heterocycles. The van der Waals surface area contributed by atoms with Crippen LogP contribution in [0.2, 0.25) is 0 Å². The van der Waals surface area contributed by atoms with Gasteiger partial charge in [-0.1, -0.05) is 6.07 Å². The van der Waals surface area contributed by atoms with Crippen LogP contribution in [0.4, 0.5) is 5.69 Å². The molecule has 0 spiro atoms. The van der Waals surface area contributed by atoms with Crippen LogP contribution in [0.5, 0.6) is 0 Å². The zero-order chi connectivity index (χ0) is 11.0. The molecule has 15 heavy (non-hydrogen) atoms. The van der Waals surface area contributed by atoms with Crippen molar-refractivity contribution in [3.8, 4) is 0 Å². The average molecular weight is 202 g/mol. The summed E-state index contributed by atoms with van der Waals surface area (Å²) >= 11 is 0. The highest BCUT2D eigenvalue weighted by Crippen LogP contribution is 2.25. The molecular weight excluding hydrogens is 188 g/mol. The highest BCUT2D eigenvalue weighted by molar-refractivity contribution is 6.00. The van der Waals surface area contributed by atoms with Crippen molar-refractivity contribution in [3.63, 3.8) is 0 Å². The van der Waals surface area contributed by atoms with Crippen molar-refractivity contribution in [2.24, 2.45) is 4.99 Å². The van der Waals surface area contributed by atoms with E-state index in [9.17, 15) is 4.79 Å². The zero-order valence-electron chi connectivity index (χ0n) is 9.22. The number of aliphatic imine (C=N–C) groups is 1. The second kappa shape index (κ2) is 3.50. The molecule has 1 heterocycles. The molecule has 3 heteroatoms. The normalized spacial score (nSPS) is 15.1. The Morgan fingerprint density at radius 1 is 1.20 bits per heavy atom. The van der Waals surface area contributed by atoms with Crippen molar-refractivity contribution in [2.45, 2.75) is 27.2 Å². The van der Waals surface area contributed by atoms with Crippen LogP contribution >= 0.6 is 0 Å². The first kappa shape index (κ1) is 9.90. The van der Waals surface area contributed by atoms with Gasteiger partial charge in [-0.15, -0.1) is 0 Å². The first-order valence-corrected chi connectivity index (χ1v) is 5.01. The number of nitrogens with one attached hydrogen (secondary N) is 1. The minimum atomic E-state index is 0.0123. The van der Waals surface area contributed by atoms with Gasteiger partial charge in [-0.05, 0) is 43.5 Å². The largest absolute Gasteiger partial charge is 0.314 e. The average Bonchev–Trinajstić information content (AvgIpc) is 2.24. The Hall–Kier alpha value is -1.64. The van der Waals surface area contributed by atoms with Crippen LogP contribution in [0.3, 0.4) is 0 Å². The number of nitrogens with zero attached hydrogens (tertiary/aromatic N) is 1. The Kier molecular flexibility index (Phi) is 2.31. The minimum Gasteiger partial charge on any atom is -0.314 e. The predicted octanol–water partition coefficient (Wildman–Crippen LogP) is 2.03. The summed E-state index contributed by atoms with van der Waals surface area (Å²) in [6.07, 6.45) is 0.414. The number of hydrogen-bond donors (Lipinski definition) is 1. The van der Waals surface area contributed by atoms with E-state index in [4.69, 9.17) is 0 Å². The van der Waals surface area contributed by atoms with Crippen molar-refractivity contribution in [1.82, 2.24) is 5.32 Å². The first-order valence-electron chi connectivity index (χ1n) is 5.01. The number of rotatable bonds is 0. The topological polar surface area (TPSA) is 41.5 Å². The second-order valence-corrected chi connectivity index (χ2v) is 3.99. The molecule has 78 valence electrons. The highest BCUT2D eigenvalue weighted by atomic mass is 16.1. The van der Waals surface area contributed by atoms with Gasteiger partial charge in [0.15, 0.2) is 0 Å². The van der Waals surface area contributed by atoms with Crippen LogP contribution in [0.25, 0.3) is 0 Å². The van der Waals surface area contributed by atoms with Gasteiger partial charge >= 0.3 is 0 Å². The molecule has 1 aromatic carbocycles. The van der Waals surface area contributed by atoms with Gasteiger partial charge in [0.25, 0.3) is 0 Å². The number of amides is 1. The SMILES string of the molecule is CC1=Nc2cc(C)c(C)cc2CC(=O)N1. The van der Waals surface area contributed by atoms with E-state index < -0.39 is 0 Å². The van der Waals surface area contributed by atoms with Gasteiger partial charge in [-0.2, -0.15) is 0 Å². The first-order chi connectivity index (χ1) is 7.06. The number of hydrogen-bond acceptors (Lipinski definition) is 2. The summed E-state index contributed by atoms with van der Waals surface area (Å²) in [4.78, 5) is 15.8. The summed E-state index contributed by atoms with van der Waals surface area (Å²) in [7, 11) is 0. The fraction of sp³-hybridized carbons (Fsp3) is 0.333. The van der Waals surface area contributed by atoms with Crippen molar-refractivity contribution in [2.75, 3.05) is 0 Å². The maximum atomic E-state index is 11.5. The Labute approximate surface area is 89.2 Å². The standard InChI is InChI=1S/C12H14N2O/c1-7-4-10-6-12(15)14-9(3)13-11(10)5-8(7)2/h4-5H,6H2,1-3H3,(H,13,14,15). The lowest BCUT2D eigenvalue weighted by atomic mass is 10.0. The van der Waals surface area contributed by atoms with Gasteiger partial charge in [-0.3, -0.25) is 4.79 Å². The van der Waals surface area contributed by atoms with Gasteiger partial charge < -0.3 is 5.32 Å². The Bertz CT molecular complexity index is 461. The third-order valence-electron chi connectivity index (χ3n) is 2.65.